The lowest BCUT2D eigenvalue weighted by molar-refractivity contribution is -0.385. The van der Waals surface area contributed by atoms with Gasteiger partial charge in [0.25, 0.3) is 0 Å². The topological polar surface area (TPSA) is 67.6 Å². The van der Waals surface area contributed by atoms with Crippen molar-refractivity contribution in [3.8, 4) is 5.75 Å². The van der Waals surface area contributed by atoms with E-state index in [2.05, 4.69) is 10.2 Å². The molecule has 6 nitrogen and oxygen atoms in total. The van der Waals surface area contributed by atoms with E-state index in [0.717, 1.165) is 32.1 Å². The van der Waals surface area contributed by atoms with Gasteiger partial charge in [0.05, 0.1) is 4.92 Å². The predicted molar refractivity (Wildman–Crippen MR) is 88.8 cm³/mol. The van der Waals surface area contributed by atoms with Crippen LogP contribution in [0.25, 0.3) is 0 Å². The fourth-order valence-electron chi connectivity index (χ4n) is 3.84. The summed E-state index contributed by atoms with van der Waals surface area (Å²) in [4.78, 5) is 13.2. The molecule has 0 aliphatic carbocycles. The molecule has 0 radical (unpaired) electrons. The summed E-state index contributed by atoms with van der Waals surface area (Å²) in [6.45, 7) is 4.70. The monoisotopic (exact) mass is 319 g/mol. The summed E-state index contributed by atoms with van der Waals surface area (Å²) >= 11 is 0. The van der Waals surface area contributed by atoms with Crippen molar-refractivity contribution in [2.75, 3.05) is 32.8 Å². The molecule has 2 unspecified atom stereocenters. The molecule has 2 fully saturated rings. The van der Waals surface area contributed by atoms with Gasteiger partial charge in [-0.25, -0.2) is 0 Å². The Hall–Kier alpha value is -1.66. The third-order valence-corrected chi connectivity index (χ3v) is 5.00. The second kappa shape index (κ2) is 7.75. The first-order valence-corrected chi connectivity index (χ1v) is 8.56. The van der Waals surface area contributed by atoms with Gasteiger partial charge in [-0.1, -0.05) is 18.6 Å². The van der Waals surface area contributed by atoms with E-state index in [-0.39, 0.29) is 10.6 Å². The van der Waals surface area contributed by atoms with E-state index < -0.39 is 0 Å². The highest BCUT2D eigenvalue weighted by atomic mass is 16.6. The third kappa shape index (κ3) is 4.00. The number of para-hydroxylation sites is 2. The molecule has 2 saturated heterocycles. The van der Waals surface area contributed by atoms with Crippen molar-refractivity contribution < 1.29 is 9.66 Å². The van der Waals surface area contributed by atoms with Crippen LogP contribution in [0.1, 0.15) is 25.7 Å². The Labute approximate surface area is 137 Å². The van der Waals surface area contributed by atoms with Crippen molar-refractivity contribution in [3.63, 3.8) is 0 Å². The lowest BCUT2D eigenvalue weighted by Gasteiger charge is -2.39. The second-order valence-corrected chi connectivity index (χ2v) is 6.43. The van der Waals surface area contributed by atoms with Crippen LogP contribution in [-0.4, -0.2) is 48.7 Å². The van der Waals surface area contributed by atoms with Crippen molar-refractivity contribution in [3.05, 3.63) is 34.4 Å². The molecule has 1 aromatic carbocycles. The SMILES string of the molecule is O=[N+]([O-])c1ccccc1OCCN1CCCCC1C1CCNC1. The Bertz CT molecular complexity index is 532. The molecule has 0 saturated carbocycles. The maximum atomic E-state index is 11.0. The zero-order chi connectivity index (χ0) is 16.1. The number of nitrogens with zero attached hydrogens (tertiary/aromatic N) is 2. The number of nitro benzene ring substituents is 1. The zero-order valence-electron chi connectivity index (χ0n) is 13.4. The van der Waals surface area contributed by atoms with Crippen molar-refractivity contribution in [2.45, 2.75) is 31.7 Å². The van der Waals surface area contributed by atoms with Gasteiger partial charge in [-0.05, 0) is 50.9 Å². The van der Waals surface area contributed by atoms with Crippen LogP contribution in [0.4, 0.5) is 5.69 Å². The molecule has 2 heterocycles. The van der Waals surface area contributed by atoms with Crippen molar-refractivity contribution in [1.82, 2.24) is 10.2 Å². The van der Waals surface area contributed by atoms with E-state index in [1.807, 2.05) is 0 Å². The van der Waals surface area contributed by atoms with Crippen LogP contribution in [0.5, 0.6) is 5.75 Å². The van der Waals surface area contributed by atoms with E-state index in [4.69, 9.17) is 4.74 Å². The molecule has 126 valence electrons. The number of hydrogen-bond acceptors (Lipinski definition) is 5. The molecule has 23 heavy (non-hydrogen) atoms. The Morgan fingerprint density at radius 2 is 2.17 bits per heavy atom. The van der Waals surface area contributed by atoms with Crippen LogP contribution >= 0.6 is 0 Å². The van der Waals surface area contributed by atoms with Gasteiger partial charge in [0.1, 0.15) is 6.61 Å². The Kier molecular flexibility index (Phi) is 5.46. The maximum absolute atomic E-state index is 11.0. The van der Waals surface area contributed by atoms with Crippen LogP contribution in [0.3, 0.4) is 0 Å². The van der Waals surface area contributed by atoms with Crippen molar-refractivity contribution in [2.24, 2.45) is 5.92 Å². The summed E-state index contributed by atoms with van der Waals surface area (Å²) < 4.78 is 5.71. The third-order valence-electron chi connectivity index (χ3n) is 5.00. The van der Waals surface area contributed by atoms with E-state index in [1.165, 1.54) is 31.7 Å². The maximum Gasteiger partial charge on any atom is 0.310 e. The summed E-state index contributed by atoms with van der Waals surface area (Å²) in [5.74, 6) is 1.11. The van der Waals surface area contributed by atoms with Gasteiger partial charge in [0, 0.05) is 18.7 Å². The molecule has 1 N–H and O–H groups in total. The number of benzene rings is 1. The Morgan fingerprint density at radius 1 is 1.30 bits per heavy atom. The number of ether oxygens (including phenoxy) is 1. The van der Waals surface area contributed by atoms with Crippen LogP contribution in [0, 0.1) is 16.0 Å². The summed E-state index contributed by atoms with van der Waals surface area (Å²) in [5.41, 5.74) is 0.0442. The molecule has 2 atom stereocenters. The summed E-state index contributed by atoms with van der Waals surface area (Å²) in [6, 6.07) is 7.23. The minimum Gasteiger partial charge on any atom is -0.485 e. The smallest absolute Gasteiger partial charge is 0.310 e. The molecule has 6 heteroatoms. The average molecular weight is 319 g/mol. The molecular weight excluding hydrogens is 294 g/mol. The summed E-state index contributed by atoms with van der Waals surface area (Å²) in [6.07, 6.45) is 5.06. The summed E-state index contributed by atoms with van der Waals surface area (Å²) in [7, 11) is 0. The quantitative estimate of drug-likeness (QED) is 0.644. The first-order valence-electron chi connectivity index (χ1n) is 8.56. The normalized spacial score (nSPS) is 25.4. The lowest BCUT2D eigenvalue weighted by Crippen LogP contribution is -2.46. The number of piperidine rings is 1. The molecule has 0 aromatic heterocycles. The molecule has 0 amide bonds. The van der Waals surface area contributed by atoms with Crippen LogP contribution in [0.15, 0.2) is 24.3 Å². The first kappa shape index (κ1) is 16.2. The van der Waals surface area contributed by atoms with Crippen LogP contribution in [-0.2, 0) is 0 Å². The van der Waals surface area contributed by atoms with Gasteiger partial charge >= 0.3 is 5.69 Å². The highest BCUT2D eigenvalue weighted by molar-refractivity contribution is 5.45. The highest BCUT2D eigenvalue weighted by Gasteiger charge is 2.31. The summed E-state index contributed by atoms with van der Waals surface area (Å²) in [5, 5.41) is 14.5. The standard InChI is InChI=1S/C17H25N3O3/c21-20(22)16-6-1-2-7-17(16)23-12-11-19-10-4-3-5-15(19)14-8-9-18-13-14/h1-2,6-7,14-15,18H,3-5,8-13H2. The average Bonchev–Trinajstić information content (AvgIpc) is 3.10. The van der Waals surface area contributed by atoms with Crippen LogP contribution in [0.2, 0.25) is 0 Å². The molecule has 0 spiro atoms. The minimum absolute atomic E-state index is 0.0442. The lowest BCUT2D eigenvalue weighted by atomic mass is 9.89. The fraction of sp³-hybridized carbons (Fsp3) is 0.647. The largest absolute Gasteiger partial charge is 0.485 e. The van der Waals surface area contributed by atoms with Gasteiger partial charge in [0.15, 0.2) is 5.75 Å². The zero-order valence-corrected chi connectivity index (χ0v) is 13.4. The Balaban J connectivity index is 1.55. The second-order valence-electron chi connectivity index (χ2n) is 6.43. The van der Waals surface area contributed by atoms with Crippen LogP contribution < -0.4 is 10.1 Å². The van der Waals surface area contributed by atoms with Crippen molar-refractivity contribution >= 4 is 5.69 Å². The van der Waals surface area contributed by atoms with Gasteiger partial charge in [-0.2, -0.15) is 0 Å². The molecule has 1 aromatic rings. The number of nitrogens with one attached hydrogen (secondary N) is 1. The number of nitro groups is 1. The van der Waals surface area contributed by atoms with E-state index in [9.17, 15) is 10.1 Å². The molecule has 3 rings (SSSR count). The fourth-order valence-corrected chi connectivity index (χ4v) is 3.84. The van der Waals surface area contributed by atoms with Crippen molar-refractivity contribution in [1.29, 1.82) is 0 Å². The highest BCUT2D eigenvalue weighted by Crippen LogP contribution is 2.28. The Morgan fingerprint density at radius 3 is 2.96 bits per heavy atom. The number of hydrogen-bond donors (Lipinski definition) is 1. The van der Waals surface area contributed by atoms with E-state index in [1.54, 1.807) is 18.2 Å². The number of rotatable bonds is 6. The van der Waals surface area contributed by atoms with Gasteiger partial charge < -0.3 is 10.1 Å². The number of likely N-dealkylation sites (tertiary alicyclic amines) is 1. The van der Waals surface area contributed by atoms with Gasteiger partial charge in [-0.3, -0.25) is 15.0 Å². The molecule has 2 aliphatic heterocycles. The van der Waals surface area contributed by atoms with E-state index >= 15 is 0 Å². The first-order chi connectivity index (χ1) is 11.3. The molecule has 0 bridgehead atoms. The van der Waals surface area contributed by atoms with Gasteiger partial charge in [-0.15, -0.1) is 0 Å². The molecule has 2 aliphatic rings. The van der Waals surface area contributed by atoms with Gasteiger partial charge in [0.2, 0.25) is 0 Å². The van der Waals surface area contributed by atoms with E-state index in [0.29, 0.717) is 18.4 Å². The molecular formula is C17H25N3O3. The predicted octanol–water partition coefficient (Wildman–Crippen LogP) is 2.44. The minimum atomic E-state index is -0.386.